The molecule has 0 atom stereocenters. The Morgan fingerprint density at radius 3 is 2.88 bits per heavy atom. The third-order valence-corrected chi connectivity index (χ3v) is 2.08. The molecule has 0 saturated carbocycles. The molecular weight excluding hydrogens is 225 g/mol. The Morgan fingerprint density at radius 2 is 2.18 bits per heavy atom. The highest BCUT2D eigenvalue weighted by molar-refractivity contribution is 5.75. The summed E-state index contributed by atoms with van der Waals surface area (Å²) in [7, 11) is 0. The molecule has 0 radical (unpaired) electrons. The minimum absolute atomic E-state index is 0.000847. The maximum Gasteiger partial charge on any atom is 0.220 e. The van der Waals surface area contributed by atoms with Crippen LogP contribution in [-0.4, -0.2) is 30.8 Å². The topological polar surface area (TPSA) is 58.6 Å². The van der Waals surface area contributed by atoms with Crippen LogP contribution in [0.5, 0.6) is 5.75 Å². The molecule has 17 heavy (non-hydrogen) atoms. The van der Waals surface area contributed by atoms with Gasteiger partial charge in [0, 0.05) is 13.0 Å². The first-order chi connectivity index (χ1) is 8.24. The zero-order valence-electron chi connectivity index (χ0n) is 9.49. The number of ether oxygens (including phenoxy) is 1. The van der Waals surface area contributed by atoms with E-state index in [-0.39, 0.29) is 31.3 Å². The van der Waals surface area contributed by atoms with Gasteiger partial charge in [-0.25, -0.2) is 4.39 Å². The molecule has 0 spiro atoms. The van der Waals surface area contributed by atoms with Gasteiger partial charge in [0.05, 0.1) is 6.54 Å². The molecule has 0 aliphatic rings. The van der Waals surface area contributed by atoms with Crippen molar-refractivity contribution in [2.75, 3.05) is 19.8 Å². The summed E-state index contributed by atoms with van der Waals surface area (Å²) in [5.74, 6) is -0.382. The zero-order valence-corrected chi connectivity index (χ0v) is 9.49. The molecule has 1 aromatic rings. The van der Waals surface area contributed by atoms with E-state index in [1.807, 2.05) is 0 Å². The molecule has 0 aromatic heterocycles. The number of aliphatic hydroxyl groups is 1. The summed E-state index contributed by atoms with van der Waals surface area (Å²) in [6, 6.07) is 6.11. The molecule has 0 heterocycles. The van der Waals surface area contributed by atoms with Crippen molar-refractivity contribution in [1.82, 2.24) is 5.32 Å². The summed E-state index contributed by atoms with van der Waals surface area (Å²) in [5, 5.41) is 11.1. The number of amides is 1. The summed E-state index contributed by atoms with van der Waals surface area (Å²) < 4.78 is 18.3. The molecule has 1 rings (SSSR count). The van der Waals surface area contributed by atoms with Gasteiger partial charge in [0.15, 0.2) is 11.6 Å². The number of hydrogen-bond acceptors (Lipinski definition) is 3. The number of benzene rings is 1. The number of aliphatic hydroxyl groups excluding tert-OH is 1. The predicted octanol–water partition coefficient (Wildman–Crippen LogP) is 1.09. The number of hydrogen-bond donors (Lipinski definition) is 2. The van der Waals surface area contributed by atoms with Crippen LogP contribution in [0.15, 0.2) is 24.3 Å². The van der Waals surface area contributed by atoms with Gasteiger partial charge in [0.1, 0.15) is 6.61 Å². The van der Waals surface area contributed by atoms with Crippen LogP contribution < -0.4 is 10.1 Å². The molecule has 2 N–H and O–H groups in total. The lowest BCUT2D eigenvalue weighted by Crippen LogP contribution is -2.28. The molecule has 0 aliphatic heterocycles. The maximum atomic E-state index is 13.1. The number of halogens is 1. The summed E-state index contributed by atoms with van der Waals surface area (Å²) in [4.78, 5) is 11.1. The predicted molar refractivity (Wildman–Crippen MR) is 61.2 cm³/mol. The van der Waals surface area contributed by atoms with Crippen LogP contribution in [-0.2, 0) is 4.79 Å². The van der Waals surface area contributed by atoms with Gasteiger partial charge in [-0.3, -0.25) is 4.79 Å². The summed E-state index contributed by atoms with van der Waals surface area (Å²) in [5.41, 5.74) is 0. The molecule has 0 saturated heterocycles. The lowest BCUT2D eigenvalue weighted by molar-refractivity contribution is -0.121. The Hall–Kier alpha value is -1.62. The van der Waals surface area contributed by atoms with Crippen molar-refractivity contribution >= 4 is 5.91 Å². The van der Waals surface area contributed by atoms with Gasteiger partial charge in [-0.15, -0.1) is 0 Å². The second-order valence-electron chi connectivity index (χ2n) is 3.46. The minimum atomic E-state index is -0.417. The fraction of sp³-hybridized carbons (Fsp3) is 0.417. The van der Waals surface area contributed by atoms with Gasteiger partial charge in [-0.05, 0) is 18.6 Å². The first-order valence-electron chi connectivity index (χ1n) is 5.49. The second kappa shape index (κ2) is 7.62. The standard InChI is InChI=1S/C12H16FNO3/c13-10-4-1-2-5-11(10)17-9-7-14-12(16)6-3-8-15/h1-2,4-5,15H,3,6-9H2,(H,14,16). The van der Waals surface area contributed by atoms with Crippen molar-refractivity contribution in [3.8, 4) is 5.75 Å². The lowest BCUT2D eigenvalue weighted by Gasteiger charge is -2.08. The fourth-order valence-electron chi connectivity index (χ4n) is 1.24. The van der Waals surface area contributed by atoms with E-state index >= 15 is 0 Å². The molecule has 4 nitrogen and oxygen atoms in total. The van der Waals surface area contributed by atoms with Gasteiger partial charge < -0.3 is 15.2 Å². The Kier molecular flexibility index (Phi) is 6.03. The van der Waals surface area contributed by atoms with E-state index in [2.05, 4.69) is 5.32 Å². The van der Waals surface area contributed by atoms with Crippen molar-refractivity contribution in [2.45, 2.75) is 12.8 Å². The van der Waals surface area contributed by atoms with E-state index < -0.39 is 5.82 Å². The van der Waals surface area contributed by atoms with Crippen molar-refractivity contribution in [1.29, 1.82) is 0 Å². The summed E-state index contributed by atoms with van der Waals surface area (Å²) in [6.45, 7) is 0.531. The van der Waals surface area contributed by atoms with Crippen LogP contribution in [0, 0.1) is 5.82 Å². The Bertz CT molecular complexity index is 357. The molecule has 5 heteroatoms. The molecule has 0 fully saturated rings. The molecule has 1 amide bonds. The van der Waals surface area contributed by atoms with E-state index in [4.69, 9.17) is 9.84 Å². The normalized spacial score (nSPS) is 10.0. The van der Waals surface area contributed by atoms with Crippen LogP contribution >= 0.6 is 0 Å². The van der Waals surface area contributed by atoms with Crippen LogP contribution in [0.2, 0.25) is 0 Å². The number of carbonyl (C=O) groups excluding carboxylic acids is 1. The van der Waals surface area contributed by atoms with Crippen LogP contribution in [0.1, 0.15) is 12.8 Å². The van der Waals surface area contributed by atoms with Crippen LogP contribution in [0.4, 0.5) is 4.39 Å². The van der Waals surface area contributed by atoms with Crippen molar-refractivity contribution < 1.29 is 19.0 Å². The highest BCUT2D eigenvalue weighted by Gasteiger charge is 2.02. The number of carbonyl (C=O) groups is 1. The van der Waals surface area contributed by atoms with Gasteiger partial charge in [-0.1, -0.05) is 12.1 Å². The maximum absolute atomic E-state index is 13.1. The number of nitrogens with one attached hydrogen (secondary N) is 1. The van der Waals surface area contributed by atoms with E-state index in [9.17, 15) is 9.18 Å². The van der Waals surface area contributed by atoms with Gasteiger partial charge in [0.25, 0.3) is 0 Å². The van der Waals surface area contributed by atoms with Gasteiger partial charge in [-0.2, -0.15) is 0 Å². The van der Waals surface area contributed by atoms with Crippen molar-refractivity contribution in [3.05, 3.63) is 30.1 Å². The molecule has 0 bridgehead atoms. The smallest absolute Gasteiger partial charge is 0.220 e. The molecule has 94 valence electrons. The van der Waals surface area contributed by atoms with Crippen LogP contribution in [0.25, 0.3) is 0 Å². The van der Waals surface area contributed by atoms with E-state index in [0.29, 0.717) is 13.0 Å². The lowest BCUT2D eigenvalue weighted by atomic mass is 10.3. The molecule has 0 unspecified atom stereocenters. The first-order valence-corrected chi connectivity index (χ1v) is 5.49. The molecule has 1 aromatic carbocycles. The zero-order chi connectivity index (χ0) is 12.5. The third-order valence-electron chi connectivity index (χ3n) is 2.08. The Labute approximate surface area is 99.4 Å². The van der Waals surface area contributed by atoms with Gasteiger partial charge >= 0.3 is 0 Å². The van der Waals surface area contributed by atoms with E-state index in [0.717, 1.165) is 0 Å². The van der Waals surface area contributed by atoms with Crippen molar-refractivity contribution in [3.63, 3.8) is 0 Å². The largest absolute Gasteiger partial charge is 0.489 e. The average molecular weight is 241 g/mol. The summed E-state index contributed by atoms with van der Waals surface area (Å²) >= 11 is 0. The Morgan fingerprint density at radius 1 is 1.41 bits per heavy atom. The molecular formula is C12H16FNO3. The van der Waals surface area contributed by atoms with E-state index in [1.165, 1.54) is 12.1 Å². The third kappa shape index (κ3) is 5.31. The van der Waals surface area contributed by atoms with Gasteiger partial charge in [0.2, 0.25) is 5.91 Å². The summed E-state index contributed by atoms with van der Waals surface area (Å²) in [6.07, 6.45) is 0.732. The van der Waals surface area contributed by atoms with Crippen molar-refractivity contribution in [2.24, 2.45) is 0 Å². The SMILES string of the molecule is O=C(CCCO)NCCOc1ccccc1F. The minimum Gasteiger partial charge on any atom is -0.489 e. The number of rotatable bonds is 7. The quantitative estimate of drug-likeness (QED) is 0.703. The second-order valence-corrected chi connectivity index (χ2v) is 3.46. The number of para-hydroxylation sites is 1. The Balaban J connectivity index is 2.16. The first kappa shape index (κ1) is 13.4. The van der Waals surface area contributed by atoms with Crippen LogP contribution in [0.3, 0.4) is 0 Å². The monoisotopic (exact) mass is 241 g/mol. The van der Waals surface area contributed by atoms with E-state index in [1.54, 1.807) is 12.1 Å². The fourth-order valence-corrected chi connectivity index (χ4v) is 1.24. The highest BCUT2D eigenvalue weighted by Crippen LogP contribution is 2.14. The highest BCUT2D eigenvalue weighted by atomic mass is 19.1. The molecule has 0 aliphatic carbocycles. The average Bonchev–Trinajstić information content (AvgIpc) is 2.34.